The van der Waals surface area contributed by atoms with Crippen LogP contribution in [0.4, 0.5) is 0 Å². The molecule has 0 atom stereocenters. The zero-order chi connectivity index (χ0) is 20.0. The first kappa shape index (κ1) is 19.5. The van der Waals surface area contributed by atoms with Gasteiger partial charge in [0.15, 0.2) is 0 Å². The monoisotopic (exact) mass is 374 g/mol. The number of carbonyl (C=O) groups excluding carboxylic acids is 1. The first-order valence-corrected chi connectivity index (χ1v) is 9.37. The number of hydrogen-bond acceptors (Lipinski definition) is 3. The van der Waals surface area contributed by atoms with Gasteiger partial charge in [0.2, 0.25) is 5.91 Å². The maximum absolute atomic E-state index is 12.1. The SMILES string of the molecule is CC(C)(C)c1ccc(/C=C/C(=O)NCc2ccc(Cn3cncn3)cc2)cc1. The van der Waals surface area contributed by atoms with Gasteiger partial charge in [-0.2, -0.15) is 5.10 Å². The summed E-state index contributed by atoms with van der Waals surface area (Å²) in [5.74, 6) is -0.105. The van der Waals surface area contributed by atoms with Crippen molar-refractivity contribution in [3.05, 3.63) is 89.5 Å². The summed E-state index contributed by atoms with van der Waals surface area (Å²) in [4.78, 5) is 16.0. The van der Waals surface area contributed by atoms with Gasteiger partial charge in [0.1, 0.15) is 12.7 Å². The van der Waals surface area contributed by atoms with E-state index in [0.29, 0.717) is 13.1 Å². The molecule has 0 spiro atoms. The minimum absolute atomic E-state index is 0.105. The smallest absolute Gasteiger partial charge is 0.244 e. The summed E-state index contributed by atoms with van der Waals surface area (Å²) in [6, 6.07) is 16.4. The largest absolute Gasteiger partial charge is 0.348 e. The van der Waals surface area contributed by atoms with Gasteiger partial charge in [-0.25, -0.2) is 9.67 Å². The van der Waals surface area contributed by atoms with Crippen LogP contribution in [0.1, 0.15) is 43.0 Å². The highest BCUT2D eigenvalue weighted by Crippen LogP contribution is 2.22. The molecule has 1 aromatic heterocycles. The van der Waals surface area contributed by atoms with Crippen LogP contribution in [0.5, 0.6) is 0 Å². The number of aromatic nitrogens is 3. The molecule has 1 heterocycles. The molecule has 1 amide bonds. The second kappa shape index (κ2) is 8.65. The van der Waals surface area contributed by atoms with E-state index in [2.05, 4.69) is 48.3 Å². The van der Waals surface area contributed by atoms with Crippen LogP contribution in [0.15, 0.2) is 67.3 Å². The second-order valence-corrected chi connectivity index (χ2v) is 7.83. The molecule has 0 fully saturated rings. The summed E-state index contributed by atoms with van der Waals surface area (Å²) >= 11 is 0. The standard InChI is InChI=1S/C23H26N4O/c1-23(2,3)21-11-8-18(9-12-21)10-13-22(28)25-14-19-4-6-20(7-5-19)15-27-17-24-16-26-27/h4-13,16-17H,14-15H2,1-3H3,(H,25,28)/b13-10+. The number of nitrogens with one attached hydrogen (secondary N) is 1. The van der Waals surface area contributed by atoms with E-state index in [0.717, 1.165) is 16.7 Å². The molecule has 1 N–H and O–H groups in total. The van der Waals surface area contributed by atoms with Gasteiger partial charge in [0, 0.05) is 12.6 Å². The zero-order valence-corrected chi connectivity index (χ0v) is 16.6. The summed E-state index contributed by atoms with van der Waals surface area (Å²) < 4.78 is 1.77. The molecule has 3 aromatic rings. The molecule has 28 heavy (non-hydrogen) atoms. The van der Waals surface area contributed by atoms with Crippen LogP contribution in [0.25, 0.3) is 6.08 Å². The number of amides is 1. The molecule has 2 aromatic carbocycles. The van der Waals surface area contributed by atoms with E-state index >= 15 is 0 Å². The molecule has 3 rings (SSSR count). The number of hydrogen-bond donors (Lipinski definition) is 1. The third-order valence-corrected chi connectivity index (χ3v) is 4.50. The summed E-state index contributed by atoms with van der Waals surface area (Å²) in [5.41, 5.74) is 4.62. The maximum Gasteiger partial charge on any atom is 0.244 e. The van der Waals surface area contributed by atoms with Crippen LogP contribution in [0.3, 0.4) is 0 Å². The predicted octanol–water partition coefficient (Wildman–Crippen LogP) is 3.95. The minimum atomic E-state index is -0.105. The van der Waals surface area contributed by atoms with Gasteiger partial charge in [-0.1, -0.05) is 69.3 Å². The molecule has 5 heteroatoms. The maximum atomic E-state index is 12.1. The lowest BCUT2D eigenvalue weighted by atomic mass is 9.87. The fourth-order valence-electron chi connectivity index (χ4n) is 2.78. The van der Waals surface area contributed by atoms with E-state index in [4.69, 9.17) is 0 Å². The molecule has 0 radical (unpaired) electrons. The van der Waals surface area contributed by atoms with Crippen LogP contribution >= 0.6 is 0 Å². The van der Waals surface area contributed by atoms with Crippen molar-refractivity contribution in [3.8, 4) is 0 Å². The molecule has 0 bridgehead atoms. The van der Waals surface area contributed by atoms with Crippen LogP contribution in [0.2, 0.25) is 0 Å². The Morgan fingerprint density at radius 2 is 1.71 bits per heavy atom. The van der Waals surface area contributed by atoms with Gasteiger partial charge in [0.25, 0.3) is 0 Å². The Kier molecular flexibility index (Phi) is 6.04. The highest BCUT2D eigenvalue weighted by molar-refractivity contribution is 5.91. The van der Waals surface area contributed by atoms with Gasteiger partial charge < -0.3 is 5.32 Å². The van der Waals surface area contributed by atoms with Crippen molar-refractivity contribution in [2.45, 2.75) is 39.3 Å². The highest BCUT2D eigenvalue weighted by atomic mass is 16.1. The fraction of sp³-hybridized carbons (Fsp3) is 0.261. The van der Waals surface area contributed by atoms with Gasteiger partial charge in [-0.15, -0.1) is 0 Å². The van der Waals surface area contributed by atoms with Crippen molar-refractivity contribution < 1.29 is 4.79 Å². The van der Waals surface area contributed by atoms with Crippen molar-refractivity contribution >= 4 is 12.0 Å². The molecule has 144 valence electrons. The molecule has 0 unspecified atom stereocenters. The third kappa shape index (κ3) is 5.64. The Labute approximate surface area is 166 Å². The normalized spacial score (nSPS) is 11.7. The Hall–Kier alpha value is -3.21. The Bertz CT molecular complexity index is 918. The van der Waals surface area contributed by atoms with E-state index in [9.17, 15) is 4.79 Å². The average Bonchev–Trinajstić information content (AvgIpc) is 3.18. The number of nitrogens with zero attached hydrogens (tertiary/aromatic N) is 3. The van der Waals surface area contributed by atoms with Gasteiger partial charge >= 0.3 is 0 Å². The molecule has 0 aliphatic carbocycles. The lowest BCUT2D eigenvalue weighted by molar-refractivity contribution is -0.116. The second-order valence-electron chi connectivity index (χ2n) is 7.83. The van der Waals surface area contributed by atoms with Crippen LogP contribution < -0.4 is 5.32 Å². The van der Waals surface area contributed by atoms with E-state index in [-0.39, 0.29) is 11.3 Å². The number of rotatable bonds is 6. The summed E-state index contributed by atoms with van der Waals surface area (Å²) in [5, 5.41) is 7.01. The zero-order valence-electron chi connectivity index (χ0n) is 16.6. The van der Waals surface area contributed by atoms with Gasteiger partial charge in [-0.05, 0) is 33.7 Å². The third-order valence-electron chi connectivity index (χ3n) is 4.50. The summed E-state index contributed by atoms with van der Waals surface area (Å²) in [6.45, 7) is 7.74. The lowest BCUT2D eigenvalue weighted by Crippen LogP contribution is -2.20. The lowest BCUT2D eigenvalue weighted by Gasteiger charge is -2.18. The van der Waals surface area contributed by atoms with Crippen LogP contribution in [-0.4, -0.2) is 20.7 Å². The van der Waals surface area contributed by atoms with Gasteiger partial charge in [-0.3, -0.25) is 4.79 Å². The minimum Gasteiger partial charge on any atom is -0.348 e. The van der Waals surface area contributed by atoms with E-state index < -0.39 is 0 Å². The quantitative estimate of drug-likeness (QED) is 0.665. The first-order valence-electron chi connectivity index (χ1n) is 9.37. The van der Waals surface area contributed by atoms with Crippen molar-refractivity contribution in [1.82, 2.24) is 20.1 Å². The predicted molar refractivity (Wildman–Crippen MR) is 112 cm³/mol. The van der Waals surface area contributed by atoms with Crippen molar-refractivity contribution in [2.24, 2.45) is 0 Å². The average molecular weight is 374 g/mol. The first-order chi connectivity index (χ1) is 13.4. The van der Waals surface area contributed by atoms with E-state index in [1.807, 2.05) is 42.5 Å². The molecule has 0 aliphatic rings. The van der Waals surface area contributed by atoms with Crippen molar-refractivity contribution in [3.63, 3.8) is 0 Å². The summed E-state index contributed by atoms with van der Waals surface area (Å²) in [7, 11) is 0. The Balaban J connectivity index is 1.49. The molecule has 5 nitrogen and oxygen atoms in total. The number of carbonyl (C=O) groups is 1. The molecule has 0 saturated carbocycles. The van der Waals surface area contributed by atoms with E-state index in [1.54, 1.807) is 17.1 Å². The van der Waals surface area contributed by atoms with Crippen LogP contribution in [-0.2, 0) is 23.3 Å². The molecule has 0 saturated heterocycles. The van der Waals surface area contributed by atoms with Crippen molar-refractivity contribution in [1.29, 1.82) is 0 Å². The van der Waals surface area contributed by atoms with E-state index in [1.165, 1.54) is 11.9 Å². The molecular weight excluding hydrogens is 348 g/mol. The molecule has 0 aliphatic heterocycles. The molecular formula is C23H26N4O. The Morgan fingerprint density at radius 3 is 2.32 bits per heavy atom. The van der Waals surface area contributed by atoms with Gasteiger partial charge in [0.05, 0.1) is 6.54 Å². The fourth-order valence-corrected chi connectivity index (χ4v) is 2.78. The van der Waals surface area contributed by atoms with Crippen molar-refractivity contribution in [2.75, 3.05) is 0 Å². The number of benzene rings is 2. The Morgan fingerprint density at radius 1 is 1.04 bits per heavy atom. The summed E-state index contributed by atoms with van der Waals surface area (Å²) in [6.07, 6.45) is 6.63. The highest BCUT2D eigenvalue weighted by Gasteiger charge is 2.12. The van der Waals surface area contributed by atoms with Crippen LogP contribution in [0, 0.1) is 0 Å². The topological polar surface area (TPSA) is 59.8 Å².